The Morgan fingerprint density at radius 1 is 1.04 bits per heavy atom. The number of Topliss-reactive ketones (excluding diaryl/α,β-unsaturated/α-hetero) is 1. The maximum atomic E-state index is 13.4. The van der Waals surface area contributed by atoms with Crippen LogP contribution in [0.25, 0.3) is 0 Å². The minimum atomic E-state index is -0.868. The lowest BCUT2D eigenvalue weighted by molar-refractivity contribution is -0.122. The standard InChI is InChI=1S/C20H20FNO3/c21-16-8-6-15(7-9-16)20(12-10-17(23)11-13-20)18(25-19(22)24)14-4-2-1-3-5-14/h1-9,18H,10-13H2,(H2,22,24). The van der Waals surface area contributed by atoms with Gasteiger partial charge in [-0.2, -0.15) is 0 Å². The van der Waals surface area contributed by atoms with E-state index in [0.29, 0.717) is 25.7 Å². The molecule has 2 aromatic rings. The number of nitrogens with two attached hydrogens (primary N) is 1. The Bertz CT molecular complexity index is 748. The van der Waals surface area contributed by atoms with E-state index in [1.165, 1.54) is 12.1 Å². The largest absolute Gasteiger partial charge is 0.441 e. The van der Waals surface area contributed by atoms with Crippen molar-refractivity contribution in [3.8, 4) is 0 Å². The highest BCUT2D eigenvalue weighted by atomic mass is 19.1. The van der Waals surface area contributed by atoms with Crippen LogP contribution in [0.3, 0.4) is 0 Å². The molecule has 1 amide bonds. The first kappa shape index (κ1) is 17.1. The summed E-state index contributed by atoms with van der Waals surface area (Å²) in [5.41, 5.74) is 6.37. The molecular formula is C20H20FNO3. The van der Waals surface area contributed by atoms with Crippen LogP contribution in [0.4, 0.5) is 9.18 Å². The van der Waals surface area contributed by atoms with Crippen molar-refractivity contribution in [2.24, 2.45) is 5.73 Å². The van der Waals surface area contributed by atoms with Gasteiger partial charge in [-0.25, -0.2) is 9.18 Å². The molecule has 3 rings (SSSR count). The van der Waals surface area contributed by atoms with Crippen molar-refractivity contribution >= 4 is 11.9 Å². The highest BCUT2D eigenvalue weighted by Gasteiger charge is 2.46. The molecule has 0 spiro atoms. The van der Waals surface area contributed by atoms with Crippen LogP contribution in [0.2, 0.25) is 0 Å². The average Bonchev–Trinajstić information content (AvgIpc) is 2.62. The molecule has 1 atom stereocenters. The lowest BCUT2D eigenvalue weighted by atomic mass is 9.64. The third kappa shape index (κ3) is 3.55. The van der Waals surface area contributed by atoms with E-state index in [0.717, 1.165) is 11.1 Å². The fraction of sp³-hybridized carbons (Fsp3) is 0.300. The molecule has 2 N–H and O–H groups in total. The molecule has 1 aliphatic rings. The van der Waals surface area contributed by atoms with E-state index >= 15 is 0 Å². The van der Waals surface area contributed by atoms with Crippen LogP contribution in [0.15, 0.2) is 54.6 Å². The number of amides is 1. The van der Waals surface area contributed by atoms with E-state index in [9.17, 15) is 14.0 Å². The molecule has 0 aromatic heterocycles. The molecule has 0 heterocycles. The second kappa shape index (κ2) is 7.05. The lowest BCUT2D eigenvalue weighted by Crippen LogP contribution is -2.41. The summed E-state index contributed by atoms with van der Waals surface area (Å²) in [6.45, 7) is 0. The molecule has 2 aromatic carbocycles. The van der Waals surface area contributed by atoms with Gasteiger partial charge in [-0.1, -0.05) is 42.5 Å². The Hall–Kier alpha value is -2.69. The lowest BCUT2D eigenvalue weighted by Gasteiger charge is -2.43. The Morgan fingerprint density at radius 3 is 2.20 bits per heavy atom. The normalized spacial score (nSPS) is 17.7. The van der Waals surface area contributed by atoms with Gasteiger partial charge in [0, 0.05) is 18.3 Å². The van der Waals surface area contributed by atoms with Gasteiger partial charge in [0.2, 0.25) is 0 Å². The third-order valence-electron chi connectivity index (χ3n) is 4.96. The first-order valence-corrected chi connectivity index (χ1v) is 8.30. The molecule has 5 heteroatoms. The smallest absolute Gasteiger partial charge is 0.405 e. The zero-order valence-corrected chi connectivity index (χ0v) is 13.8. The highest BCUT2D eigenvalue weighted by Crippen LogP contribution is 2.49. The Kier molecular flexibility index (Phi) is 4.83. The van der Waals surface area contributed by atoms with Gasteiger partial charge in [0.05, 0.1) is 0 Å². The average molecular weight is 341 g/mol. The van der Waals surface area contributed by atoms with Gasteiger partial charge in [-0.05, 0) is 36.1 Å². The van der Waals surface area contributed by atoms with Crippen molar-refractivity contribution in [1.82, 2.24) is 0 Å². The number of ether oxygens (including phenoxy) is 1. The molecule has 130 valence electrons. The number of primary amides is 1. The van der Waals surface area contributed by atoms with Gasteiger partial charge in [0.25, 0.3) is 0 Å². The molecule has 1 fully saturated rings. The Morgan fingerprint density at radius 2 is 1.64 bits per heavy atom. The monoisotopic (exact) mass is 341 g/mol. The summed E-state index contributed by atoms with van der Waals surface area (Å²) in [7, 11) is 0. The zero-order chi connectivity index (χ0) is 17.9. The number of benzene rings is 2. The second-order valence-corrected chi connectivity index (χ2v) is 6.43. The minimum absolute atomic E-state index is 0.184. The molecular weight excluding hydrogens is 321 g/mol. The quantitative estimate of drug-likeness (QED) is 0.912. The predicted molar refractivity (Wildman–Crippen MR) is 91.4 cm³/mol. The van der Waals surface area contributed by atoms with Crippen LogP contribution in [-0.4, -0.2) is 11.9 Å². The van der Waals surface area contributed by atoms with Crippen molar-refractivity contribution in [2.75, 3.05) is 0 Å². The minimum Gasteiger partial charge on any atom is -0.441 e. The molecule has 1 saturated carbocycles. The Labute approximate surface area is 145 Å². The van der Waals surface area contributed by atoms with Crippen LogP contribution in [0.1, 0.15) is 42.9 Å². The molecule has 0 radical (unpaired) electrons. The number of carbonyl (C=O) groups excluding carboxylic acids is 2. The summed E-state index contributed by atoms with van der Waals surface area (Å²) in [5.74, 6) is -0.151. The summed E-state index contributed by atoms with van der Waals surface area (Å²) in [6.07, 6.45) is 0.317. The van der Waals surface area contributed by atoms with Crippen LogP contribution in [0.5, 0.6) is 0 Å². The van der Waals surface area contributed by atoms with Gasteiger partial charge in [0.1, 0.15) is 17.7 Å². The summed E-state index contributed by atoms with van der Waals surface area (Å²) < 4.78 is 18.9. The van der Waals surface area contributed by atoms with Crippen molar-refractivity contribution in [1.29, 1.82) is 0 Å². The molecule has 1 unspecified atom stereocenters. The van der Waals surface area contributed by atoms with Gasteiger partial charge in [-0.3, -0.25) is 4.79 Å². The fourth-order valence-electron chi connectivity index (χ4n) is 3.70. The van der Waals surface area contributed by atoms with Crippen molar-refractivity contribution in [2.45, 2.75) is 37.2 Å². The number of halogens is 1. The van der Waals surface area contributed by atoms with Gasteiger partial charge >= 0.3 is 6.09 Å². The van der Waals surface area contributed by atoms with E-state index in [1.54, 1.807) is 12.1 Å². The summed E-state index contributed by atoms with van der Waals surface area (Å²) in [4.78, 5) is 23.4. The molecule has 1 aliphatic carbocycles. The SMILES string of the molecule is NC(=O)OC(c1ccccc1)C1(c2ccc(F)cc2)CCC(=O)CC1. The van der Waals surface area contributed by atoms with E-state index in [4.69, 9.17) is 10.5 Å². The van der Waals surface area contributed by atoms with Crippen LogP contribution in [-0.2, 0) is 14.9 Å². The number of hydrogen-bond donors (Lipinski definition) is 1. The zero-order valence-electron chi connectivity index (χ0n) is 13.8. The molecule has 25 heavy (non-hydrogen) atoms. The van der Waals surface area contributed by atoms with E-state index in [2.05, 4.69) is 0 Å². The van der Waals surface area contributed by atoms with E-state index in [1.807, 2.05) is 30.3 Å². The first-order valence-electron chi connectivity index (χ1n) is 8.30. The van der Waals surface area contributed by atoms with Crippen molar-refractivity contribution < 1.29 is 18.7 Å². The van der Waals surface area contributed by atoms with Crippen LogP contribution < -0.4 is 5.73 Å². The second-order valence-electron chi connectivity index (χ2n) is 6.43. The summed E-state index contributed by atoms with van der Waals surface area (Å²) in [6, 6.07) is 15.5. The van der Waals surface area contributed by atoms with Crippen molar-refractivity contribution in [3.05, 3.63) is 71.5 Å². The Balaban J connectivity index is 2.11. The maximum absolute atomic E-state index is 13.4. The number of ketones is 1. The maximum Gasteiger partial charge on any atom is 0.405 e. The van der Waals surface area contributed by atoms with Crippen LogP contribution in [0, 0.1) is 5.82 Å². The van der Waals surface area contributed by atoms with Gasteiger partial charge in [0.15, 0.2) is 0 Å². The van der Waals surface area contributed by atoms with E-state index < -0.39 is 17.6 Å². The number of rotatable bonds is 4. The van der Waals surface area contributed by atoms with E-state index in [-0.39, 0.29) is 11.6 Å². The topological polar surface area (TPSA) is 69.4 Å². The number of hydrogen-bond acceptors (Lipinski definition) is 3. The van der Waals surface area contributed by atoms with Crippen molar-refractivity contribution in [3.63, 3.8) is 0 Å². The summed E-state index contributed by atoms with van der Waals surface area (Å²) in [5, 5.41) is 0. The molecule has 0 aliphatic heterocycles. The molecule has 4 nitrogen and oxygen atoms in total. The van der Waals surface area contributed by atoms with Gasteiger partial charge < -0.3 is 10.5 Å². The van der Waals surface area contributed by atoms with Gasteiger partial charge in [-0.15, -0.1) is 0 Å². The third-order valence-corrected chi connectivity index (χ3v) is 4.96. The molecule has 0 saturated heterocycles. The molecule has 0 bridgehead atoms. The number of carbonyl (C=O) groups is 2. The fourth-order valence-corrected chi connectivity index (χ4v) is 3.70. The summed E-state index contributed by atoms with van der Waals surface area (Å²) >= 11 is 0. The first-order chi connectivity index (χ1) is 12.0. The highest BCUT2D eigenvalue weighted by molar-refractivity contribution is 5.79. The predicted octanol–water partition coefficient (Wildman–Crippen LogP) is 4.04. The van der Waals surface area contributed by atoms with Crippen LogP contribution >= 0.6 is 0 Å².